The van der Waals surface area contributed by atoms with Crippen molar-refractivity contribution in [3.63, 3.8) is 0 Å². The van der Waals surface area contributed by atoms with Crippen molar-refractivity contribution >= 4 is 17.6 Å². The molecule has 0 aliphatic carbocycles. The van der Waals surface area contributed by atoms with E-state index in [9.17, 15) is 9.59 Å². The second kappa shape index (κ2) is 13.1. The van der Waals surface area contributed by atoms with Crippen LogP contribution in [-0.4, -0.2) is 59.2 Å². The molecule has 2 aromatic carbocycles. The standard InChI is InChI=1S/C28H34N4O5/c1-21(17-36-18-22-10-5-3-6-11-22)27(33)30-25-16-31(20-29-25)26(23-12-7-4-8-13-23)28(34)32-15-9-14-24(32)19-37-35-2/h3-8,10-13,16,20-21,24,26H,9,14-15,17-19H2,1-2H3,(H,30,33)/t21-,24?,26?/m0/s1. The number of nitrogens with zero attached hydrogens (tertiary/aromatic N) is 3. The molecule has 1 N–H and O–H groups in total. The van der Waals surface area contributed by atoms with Crippen molar-refractivity contribution in [2.75, 3.05) is 32.2 Å². The van der Waals surface area contributed by atoms with E-state index in [0.717, 1.165) is 24.0 Å². The van der Waals surface area contributed by atoms with Crippen molar-refractivity contribution in [3.05, 3.63) is 84.3 Å². The second-order valence-electron chi connectivity index (χ2n) is 9.19. The molecular weight excluding hydrogens is 472 g/mol. The number of carbonyl (C=O) groups is 2. The van der Waals surface area contributed by atoms with E-state index in [1.807, 2.05) is 72.5 Å². The quantitative estimate of drug-likeness (QED) is 0.296. The molecule has 37 heavy (non-hydrogen) atoms. The molecule has 9 nitrogen and oxygen atoms in total. The van der Waals surface area contributed by atoms with E-state index in [2.05, 4.69) is 10.3 Å². The van der Waals surface area contributed by atoms with Gasteiger partial charge in [0.25, 0.3) is 5.91 Å². The Hall–Kier alpha value is -3.53. The summed E-state index contributed by atoms with van der Waals surface area (Å²) in [5.41, 5.74) is 1.89. The summed E-state index contributed by atoms with van der Waals surface area (Å²) < 4.78 is 7.46. The molecule has 4 rings (SSSR count). The third-order valence-electron chi connectivity index (χ3n) is 6.47. The van der Waals surface area contributed by atoms with Gasteiger partial charge in [-0.1, -0.05) is 67.6 Å². The monoisotopic (exact) mass is 506 g/mol. The van der Waals surface area contributed by atoms with E-state index in [1.54, 1.807) is 17.1 Å². The van der Waals surface area contributed by atoms with Gasteiger partial charge >= 0.3 is 0 Å². The molecule has 2 amide bonds. The van der Waals surface area contributed by atoms with Gasteiger partial charge in [0.2, 0.25) is 5.91 Å². The molecule has 1 fully saturated rings. The van der Waals surface area contributed by atoms with E-state index in [0.29, 0.717) is 25.6 Å². The molecule has 0 spiro atoms. The van der Waals surface area contributed by atoms with Gasteiger partial charge in [-0.2, -0.15) is 0 Å². The van der Waals surface area contributed by atoms with Crippen LogP contribution < -0.4 is 5.32 Å². The largest absolute Gasteiger partial charge is 0.376 e. The maximum Gasteiger partial charge on any atom is 0.250 e. The second-order valence-corrected chi connectivity index (χ2v) is 9.19. The van der Waals surface area contributed by atoms with Gasteiger partial charge in [0, 0.05) is 12.7 Å². The Kier molecular flexibility index (Phi) is 9.42. The minimum absolute atomic E-state index is 0.0497. The number of hydrogen-bond acceptors (Lipinski definition) is 6. The van der Waals surface area contributed by atoms with Crippen molar-refractivity contribution in [1.82, 2.24) is 14.5 Å². The summed E-state index contributed by atoms with van der Waals surface area (Å²) in [7, 11) is 1.46. The molecular formula is C28H34N4O5. The Bertz CT molecular complexity index is 1140. The summed E-state index contributed by atoms with van der Waals surface area (Å²) in [6.07, 6.45) is 5.03. The number of anilines is 1. The predicted molar refractivity (Wildman–Crippen MR) is 138 cm³/mol. The molecule has 1 aliphatic rings. The van der Waals surface area contributed by atoms with Gasteiger partial charge in [0.05, 0.1) is 38.6 Å². The highest BCUT2D eigenvalue weighted by Gasteiger charge is 2.35. The van der Waals surface area contributed by atoms with E-state index in [4.69, 9.17) is 14.5 Å². The zero-order chi connectivity index (χ0) is 26.0. The first-order valence-electron chi connectivity index (χ1n) is 12.5. The molecule has 3 aromatic rings. The normalized spacial score (nSPS) is 16.9. The van der Waals surface area contributed by atoms with Gasteiger partial charge in [-0.3, -0.25) is 9.59 Å². The molecule has 3 atom stereocenters. The lowest BCUT2D eigenvalue weighted by molar-refractivity contribution is -0.278. The number of aromatic nitrogens is 2. The summed E-state index contributed by atoms with van der Waals surface area (Å²) in [5.74, 6) is -0.232. The van der Waals surface area contributed by atoms with Crippen molar-refractivity contribution < 1.29 is 24.1 Å². The lowest BCUT2D eigenvalue weighted by atomic mass is 10.0. The fraction of sp³-hybridized carbons (Fsp3) is 0.393. The minimum Gasteiger partial charge on any atom is -0.376 e. The van der Waals surface area contributed by atoms with Crippen LogP contribution in [0, 0.1) is 5.92 Å². The molecule has 0 radical (unpaired) electrons. The smallest absolute Gasteiger partial charge is 0.250 e. The zero-order valence-corrected chi connectivity index (χ0v) is 21.3. The summed E-state index contributed by atoms with van der Waals surface area (Å²) in [6.45, 7) is 3.51. The van der Waals surface area contributed by atoms with Crippen LogP contribution >= 0.6 is 0 Å². The van der Waals surface area contributed by atoms with Crippen molar-refractivity contribution in [3.8, 4) is 0 Å². The summed E-state index contributed by atoms with van der Waals surface area (Å²) >= 11 is 0. The van der Waals surface area contributed by atoms with Crippen LogP contribution in [0.4, 0.5) is 5.82 Å². The fourth-order valence-corrected chi connectivity index (χ4v) is 4.48. The third kappa shape index (κ3) is 7.03. The number of likely N-dealkylation sites (tertiary alicyclic amines) is 1. The zero-order valence-electron chi connectivity index (χ0n) is 21.3. The molecule has 196 valence electrons. The Morgan fingerprint density at radius 1 is 1.11 bits per heavy atom. The van der Waals surface area contributed by atoms with Crippen LogP contribution in [0.3, 0.4) is 0 Å². The van der Waals surface area contributed by atoms with Gasteiger partial charge in [-0.05, 0) is 24.0 Å². The minimum atomic E-state index is -0.617. The SMILES string of the molecule is COOCC1CCCN1C(=O)C(c1ccccc1)n1cnc(NC(=O)[C@@H](C)COCc2ccccc2)c1. The number of benzene rings is 2. The molecule has 0 saturated carbocycles. The van der Waals surface area contributed by atoms with Crippen LogP contribution in [0.1, 0.15) is 36.9 Å². The molecule has 1 saturated heterocycles. The van der Waals surface area contributed by atoms with Gasteiger partial charge in [-0.15, -0.1) is 0 Å². The Morgan fingerprint density at radius 2 is 1.84 bits per heavy atom. The Balaban J connectivity index is 1.42. The number of ether oxygens (including phenoxy) is 1. The fourth-order valence-electron chi connectivity index (χ4n) is 4.48. The summed E-state index contributed by atoms with van der Waals surface area (Å²) in [4.78, 5) is 42.6. The van der Waals surface area contributed by atoms with Crippen LogP contribution in [0.25, 0.3) is 0 Å². The summed E-state index contributed by atoms with van der Waals surface area (Å²) in [5, 5.41) is 2.85. The first kappa shape index (κ1) is 26.5. The van der Waals surface area contributed by atoms with Crippen molar-refractivity contribution in [2.24, 2.45) is 5.92 Å². The topological polar surface area (TPSA) is 94.9 Å². The van der Waals surface area contributed by atoms with Gasteiger partial charge in [0.1, 0.15) is 12.6 Å². The molecule has 0 bridgehead atoms. The number of hydrogen-bond donors (Lipinski definition) is 1. The lowest BCUT2D eigenvalue weighted by Gasteiger charge is -2.29. The number of nitrogens with one attached hydrogen (secondary N) is 1. The predicted octanol–water partition coefficient (Wildman–Crippen LogP) is 3.83. The Morgan fingerprint density at radius 3 is 2.57 bits per heavy atom. The number of amides is 2. The average molecular weight is 507 g/mol. The molecule has 2 heterocycles. The van der Waals surface area contributed by atoms with Crippen molar-refractivity contribution in [1.29, 1.82) is 0 Å². The number of rotatable bonds is 12. The van der Waals surface area contributed by atoms with Gasteiger partial charge in [-0.25, -0.2) is 14.8 Å². The van der Waals surface area contributed by atoms with Crippen LogP contribution in [-0.2, 0) is 30.7 Å². The highest BCUT2D eigenvalue weighted by atomic mass is 17.2. The van der Waals surface area contributed by atoms with Gasteiger partial charge in [0.15, 0.2) is 5.82 Å². The molecule has 1 aliphatic heterocycles. The highest BCUT2D eigenvalue weighted by molar-refractivity contribution is 5.91. The van der Waals surface area contributed by atoms with Gasteiger partial charge < -0.3 is 19.5 Å². The van der Waals surface area contributed by atoms with Crippen LogP contribution in [0.2, 0.25) is 0 Å². The number of imidazole rings is 1. The first-order chi connectivity index (χ1) is 18.1. The first-order valence-corrected chi connectivity index (χ1v) is 12.5. The molecule has 2 unspecified atom stereocenters. The van der Waals surface area contributed by atoms with E-state index in [-0.39, 0.29) is 30.4 Å². The average Bonchev–Trinajstić information content (AvgIpc) is 3.58. The molecule has 9 heteroatoms. The van der Waals surface area contributed by atoms with E-state index in [1.165, 1.54) is 7.11 Å². The van der Waals surface area contributed by atoms with Crippen molar-refractivity contribution in [2.45, 2.75) is 38.5 Å². The molecule has 1 aromatic heterocycles. The maximum atomic E-state index is 13.8. The highest BCUT2D eigenvalue weighted by Crippen LogP contribution is 2.27. The number of carbonyl (C=O) groups excluding carboxylic acids is 2. The van der Waals surface area contributed by atoms with Crippen LogP contribution in [0.5, 0.6) is 0 Å². The summed E-state index contributed by atoms with van der Waals surface area (Å²) in [6, 6.07) is 18.7. The maximum absolute atomic E-state index is 13.8. The third-order valence-corrected chi connectivity index (χ3v) is 6.47. The van der Waals surface area contributed by atoms with Crippen LogP contribution in [0.15, 0.2) is 73.2 Å². The van der Waals surface area contributed by atoms with E-state index >= 15 is 0 Å². The Labute approximate surface area is 217 Å². The van der Waals surface area contributed by atoms with E-state index < -0.39 is 6.04 Å². The lowest BCUT2D eigenvalue weighted by Crippen LogP contribution is -2.42.